The van der Waals surface area contributed by atoms with Gasteiger partial charge in [-0.15, -0.1) is 0 Å². The molecule has 2 fully saturated rings. The van der Waals surface area contributed by atoms with Gasteiger partial charge in [-0.05, 0) is 56.1 Å². The van der Waals surface area contributed by atoms with E-state index in [0.717, 1.165) is 25.7 Å². The molecule has 0 aliphatic heterocycles. The molecule has 4 nitrogen and oxygen atoms in total. The van der Waals surface area contributed by atoms with Gasteiger partial charge >= 0.3 is 6.61 Å². The van der Waals surface area contributed by atoms with Gasteiger partial charge in [0.1, 0.15) is 5.75 Å². The number of nitrogens with one attached hydrogen (secondary N) is 1. The van der Waals surface area contributed by atoms with Gasteiger partial charge in [-0.2, -0.15) is 8.78 Å². The van der Waals surface area contributed by atoms with Crippen LogP contribution in [0, 0.1) is 24.7 Å². The van der Waals surface area contributed by atoms with Gasteiger partial charge < -0.3 is 15.8 Å². The zero-order valence-corrected chi connectivity index (χ0v) is 13.8. The fourth-order valence-electron chi connectivity index (χ4n) is 4.22. The molecule has 2 saturated carbocycles. The van der Waals surface area contributed by atoms with Crippen molar-refractivity contribution in [3.8, 4) is 5.75 Å². The summed E-state index contributed by atoms with van der Waals surface area (Å²) in [6.07, 6.45) is 4.89. The van der Waals surface area contributed by atoms with Crippen LogP contribution >= 0.6 is 0 Å². The lowest BCUT2D eigenvalue weighted by Gasteiger charge is -2.43. The van der Waals surface area contributed by atoms with Crippen molar-refractivity contribution < 1.29 is 18.3 Å². The molecule has 3 rings (SSSR count). The number of aryl methyl sites for hydroxylation is 1. The van der Waals surface area contributed by atoms with E-state index in [-0.39, 0.29) is 23.6 Å². The topological polar surface area (TPSA) is 64.3 Å². The highest BCUT2D eigenvalue weighted by molar-refractivity contribution is 5.95. The van der Waals surface area contributed by atoms with Crippen LogP contribution in [0.1, 0.15) is 37.7 Å². The van der Waals surface area contributed by atoms with Gasteiger partial charge in [0, 0.05) is 12.0 Å². The van der Waals surface area contributed by atoms with Gasteiger partial charge in [0.15, 0.2) is 0 Å². The van der Waals surface area contributed by atoms with Crippen LogP contribution in [0.25, 0.3) is 0 Å². The summed E-state index contributed by atoms with van der Waals surface area (Å²) in [5.41, 5.74) is 7.31. The summed E-state index contributed by atoms with van der Waals surface area (Å²) in [6, 6.07) is 5.03. The molecule has 0 aromatic heterocycles. The Bertz CT molecular complexity index is 595. The Balaban J connectivity index is 1.73. The lowest BCUT2D eigenvalue weighted by atomic mass is 9.65. The number of amides is 1. The normalized spacial score (nSPS) is 29.4. The van der Waals surface area contributed by atoms with Crippen molar-refractivity contribution in [1.82, 2.24) is 0 Å². The van der Waals surface area contributed by atoms with Crippen molar-refractivity contribution in [2.45, 2.75) is 51.7 Å². The average Bonchev–Trinajstić information content (AvgIpc) is 2.49. The van der Waals surface area contributed by atoms with E-state index in [2.05, 4.69) is 10.1 Å². The Labute approximate surface area is 140 Å². The Kier molecular flexibility index (Phi) is 5.04. The Hall–Kier alpha value is -1.69. The molecule has 2 aliphatic rings. The number of alkyl halides is 2. The highest BCUT2D eigenvalue weighted by Gasteiger charge is 2.40. The van der Waals surface area contributed by atoms with E-state index in [1.54, 1.807) is 19.1 Å². The minimum atomic E-state index is -2.92. The highest BCUT2D eigenvalue weighted by atomic mass is 19.3. The van der Waals surface area contributed by atoms with Crippen LogP contribution in [0.2, 0.25) is 0 Å². The number of halogens is 2. The average molecular weight is 338 g/mol. The molecule has 0 spiro atoms. The largest absolute Gasteiger partial charge is 0.433 e. The number of hydrogen-bond donors (Lipinski definition) is 2. The van der Waals surface area contributed by atoms with Gasteiger partial charge in [-0.3, -0.25) is 4.79 Å². The number of nitrogens with two attached hydrogens (primary N) is 1. The molecule has 0 radical (unpaired) electrons. The summed E-state index contributed by atoms with van der Waals surface area (Å²) < 4.78 is 29.7. The van der Waals surface area contributed by atoms with E-state index in [9.17, 15) is 13.6 Å². The summed E-state index contributed by atoms with van der Waals surface area (Å²) in [7, 11) is 0. The molecule has 24 heavy (non-hydrogen) atoms. The van der Waals surface area contributed by atoms with E-state index in [1.807, 2.05) is 0 Å². The molecule has 2 aliphatic carbocycles. The van der Waals surface area contributed by atoms with Crippen LogP contribution in [0.3, 0.4) is 0 Å². The first-order chi connectivity index (χ1) is 11.5. The van der Waals surface area contributed by atoms with Crippen molar-refractivity contribution >= 4 is 11.6 Å². The minimum absolute atomic E-state index is 0.00561. The number of fused-ring (bicyclic) bond motifs is 2. The molecular formula is C18H24F2N2O2. The molecule has 132 valence electrons. The lowest BCUT2D eigenvalue weighted by Crippen LogP contribution is -2.48. The molecule has 0 heterocycles. The standard InChI is InChI=1S/C18H24F2N2O2/c1-10-4-2-7-14(24-18(19)20)16(10)22-17(23)13-8-11-5-3-6-12(9-13)15(11)21/h2,4,7,11-13,15,18H,3,5-6,8-9,21H2,1H3,(H,22,23). The first kappa shape index (κ1) is 17.1. The molecule has 2 unspecified atom stereocenters. The number of anilines is 1. The zero-order chi connectivity index (χ0) is 17.3. The van der Waals surface area contributed by atoms with Crippen LogP contribution in [0.5, 0.6) is 5.75 Å². The highest BCUT2D eigenvalue weighted by Crippen LogP contribution is 2.42. The van der Waals surface area contributed by atoms with Crippen molar-refractivity contribution in [3.05, 3.63) is 23.8 Å². The van der Waals surface area contributed by atoms with Crippen molar-refractivity contribution in [2.75, 3.05) is 5.32 Å². The Morgan fingerprint density at radius 2 is 1.96 bits per heavy atom. The third-order valence-electron chi connectivity index (χ3n) is 5.48. The zero-order valence-electron chi connectivity index (χ0n) is 13.8. The second-order valence-electron chi connectivity index (χ2n) is 7.01. The molecule has 1 aromatic rings. The Morgan fingerprint density at radius 3 is 2.58 bits per heavy atom. The Morgan fingerprint density at radius 1 is 1.29 bits per heavy atom. The first-order valence-corrected chi connectivity index (χ1v) is 8.56. The fraction of sp³-hybridized carbons (Fsp3) is 0.611. The number of para-hydroxylation sites is 1. The SMILES string of the molecule is Cc1cccc(OC(F)F)c1NC(=O)C1CC2CCCC(C1)C2N. The van der Waals surface area contributed by atoms with Gasteiger partial charge in [0.2, 0.25) is 5.91 Å². The predicted octanol–water partition coefficient (Wildman–Crippen LogP) is 3.69. The second-order valence-corrected chi connectivity index (χ2v) is 7.01. The predicted molar refractivity (Wildman–Crippen MR) is 88.0 cm³/mol. The van der Waals surface area contributed by atoms with E-state index < -0.39 is 6.61 Å². The summed E-state index contributed by atoms with van der Waals surface area (Å²) in [5, 5.41) is 2.82. The second kappa shape index (κ2) is 7.05. The van der Waals surface area contributed by atoms with Gasteiger partial charge in [-0.25, -0.2) is 0 Å². The van der Waals surface area contributed by atoms with Gasteiger partial charge in [0.25, 0.3) is 0 Å². The summed E-state index contributed by atoms with van der Waals surface area (Å²) in [6.45, 7) is -1.16. The summed E-state index contributed by atoms with van der Waals surface area (Å²) in [5.74, 6) is 0.557. The lowest BCUT2D eigenvalue weighted by molar-refractivity contribution is -0.122. The van der Waals surface area contributed by atoms with Crippen molar-refractivity contribution in [1.29, 1.82) is 0 Å². The maximum Gasteiger partial charge on any atom is 0.387 e. The van der Waals surface area contributed by atoms with Crippen LogP contribution in [-0.2, 0) is 4.79 Å². The van der Waals surface area contributed by atoms with E-state index in [4.69, 9.17) is 5.73 Å². The monoisotopic (exact) mass is 338 g/mol. The van der Waals surface area contributed by atoms with Crippen LogP contribution < -0.4 is 15.8 Å². The molecule has 2 bridgehead atoms. The van der Waals surface area contributed by atoms with Crippen LogP contribution in [0.4, 0.5) is 14.5 Å². The maximum absolute atomic E-state index is 12.7. The van der Waals surface area contributed by atoms with Crippen molar-refractivity contribution in [2.24, 2.45) is 23.5 Å². The van der Waals surface area contributed by atoms with Crippen LogP contribution in [-0.4, -0.2) is 18.6 Å². The number of benzene rings is 1. The van der Waals surface area contributed by atoms with E-state index in [0.29, 0.717) is 23.1 Å². The smallest absolute Gasteiger partial charge is 0.387 e. The van der Waals surface area contributed by atoms with E-state index in [1.165, 1.54) is 12.5 Å². The summed E-state index contributed by atoms with van der Waals surface area (Å²) >= 11 is 0. The molecule has 1 amide bonds. The van der Waals surface area contributed by atoms with Gasteiger partial charge in [-0.1, -0.05) is 18.6 Å². The maximum atomic E-state index is 12.7. The number of ether oxygens (including phenoxy) is 1. The fourth-order valence-corrected chi connectivity index (χ4v) is 4.22. The first-order valence-electron chi connectivity index (χ1n) is 8.56. The van der Waals surface area contributed by atoms with Crippen molar-refractivity contribution in [3.63, 3.8) is 0 Å². The van der Waals surface area contributed by atoms with E-state index >= 15 is 0 Å². The van der Waals surface area contributed by atoms with Gasteiger partial charge in [0.05, 0.1) is 5.69 Å². The molecular weight excluding hydrogens is 314 g/mol. The molecule has 2 atom stereocenters. The molecule has 0 saturated heterocycles. The van der Waals surface area contributed by atoms with Crippen LogP contribution in [0.15, 0.2) is 18.2 Å². The number of carbonyl (C=O) groups excluding carboxylic acids is 1. The molecule has 6 heteroatoms. The number of rotatable bonds is 4. The number of carbonyl (C=O) groups is 1. The molecule has 1 aromatic carbocycles. The number of hydrogen-bond acceptors (Lipinski definition) is 3. The minimum Gasteiger partial charge on any atom is -0.433 e. The quantitative estimate of drug-likeness (QED) is 0.880. The molecule has 3 N–H and O–H groups in total. The summed E-state index contributed by atoms with van der Waals surface area (Å²) in [4.78, 5) is 12.7. The third-order valence-corrected chi connectivity index (χ3v) is 5.48. The third kappa shape index (κ3) is 3.53.